The van der Waals surface area contributed by atoms with Gasteiger partial charge < -0.3 is 14.3 Å². The summed E-state index contributed by atoms with van der Waals surface area (Å²) in [6.07, 6.45) is -0.378. The molecular weight excluding hydrogens is 391 g/mol. The molecule has 0 radical (unpaired) electrons. The fraction of sp³-hybridized carbons (Fsp3) is 0.200. The van der Waals surface area contributed by atoms with Crippen molar-refractivity contribution in [3.63, 3.8) is 0 Å². The molecule has 0 unspecified atom stereocenters. The Hall–Kier alpha value is -2.50. The second-order valence-corrected chi connectivity index (χ2v) is 7.07. The number of carboxylic acids is 1. The fourth-order valence-electron chi connectivity index (χ4n) is 2.94. The molecule has 1 aromatic heterocycles. The lowest BCUT2D eigenvalue weighted by Gasteiger charge is -2.13. The zero-order valence-electron chi connectivity index (χ0n) is 14.6. The predicted molar refractivity (Wildman–Crippen MR) is 104 cm³/mol. The number of fused-ring (bicyclic) bond motifs is 1. The summed E-state index contributed by atoms with van der Waals surface area (Å²) in [7, 11) is 0. The summed E-state index contributed by atoms with van der Waals surface area (Å²) in [6, 6.07) is 8.67. The van der Waals surface area contributed by atoms with Crippen LogP contribution in [0.3, 0.4) is 0 Å². The van der Waals surface area contributed by atoms with E-state index in [0.717, 1.165) is 5.56 Å². The summed E-state index contributed by atoms with van der Waals surface area (Å²) in [5.41, 5.74) is 1.94. The van der Waals surface area contributed by atoms with Crippen LogP contribution in [0.2, 0.25) is 10.0 Å². The number of benzene rings is 2. The van der Waals surface area contributed by atoms with Crippen LogP contribution in [0.25, 0.3) is 11.0 Å². The molecule has 0 fully saturated rings. The van der Waals surface area contributed by atoms with E-state index in [-0.39, 0.29) is 18.6 Å². The Morgan fingerprint density at radius 1 is 1.11 bits per heavy atom. The Kier molecular flexibility index (Phi) is 5.44. The van der Waals surface area contributed by atoms with Gasteiger partial charge in [0.2, 0.25) is 0 Å². The highest BCUT2D eigenvalue weighted by atomic mass is 35.5. The SMILES string of the molecule is Cc1c(CC(=O)O)c(=O)oc2c(C)c(OCc3cc(Cl)cc(Cl)c3)ccc12. The number of rotatable bonds is 5. The summed E-state index contributed by atoms with van der Waals surface area (Å²) in [5.74, 6) is -0.534. The summed E-state index contributed by atoms with van der Waals surface area (Å²) in [4.78, 5) is 23.2. The van der Waals surface area contributed by atoms with Crippen LogP contribution < -0.4 is 10.4 Å². The molecule has 5 nitrogen and oxygen atoms in total. The Labute approximate surface area is 165 Å². The van der Waals surface area contributed by atoms with Gasteiger partial charge in [-0.3, -0.25) is 4.79 Å². The van der Waals surface area contributed by atoms with Crippen LogP contribution in [0.4, 0.5) is 0 Å². The zero-order chi connectivity index (χ0) is 19.7. The van der Waals surface area contributed by atoms with Gasteiger partial charge >= 0.3 is 11.6 Å². The zero-order valence-corrected chi connectivity index (χ0v) is 16.1. The summed E-state index contributed by atoms with van der Waals surface area (Å²) < 4.78 is 11.2. The van der Waals surface area contributed by atoms with Crippen molar-refractivity contribution in [2.75, 3.05) is 0 Å². The molecule has 7 heteroatoms. The van der Waals surface area contributed by atoms with Gasteiger partial charge in [0.1, 0.15) is 17.9 Å². The summed E-state index contributed by atoms with van der Waals surface area (Å²) >= 11 is 12.0. The summed E-state index contributed by atoms with van der Waals surface area (Å²) in [6.45, 7) is 3.74. The van der Waals surface area contributed by atoms with Crippen LogP contribution in [0.15, 0.2) is 39.5 Å². The lowest BCUT2D eigenvalue weighted by atomic mass is 10.0. The molecule has 0 atom stereocenters. The van der Waals surface area contributed by atoms with Gasteiger partial charge in [0.15, 0.2) is 0 Å². The van der Waals surface area contributed by atoms with E-state index in [1.165, 1.54) is 0 Å². The maximum Gasteiger partial charge on any atom is 0.340 e. The number of aryl methyl sites for hydroxylation is 2. The molecule has 1 heterocycles. The second kappa shape index (κ2) is 7.62. The maximum absolute atomic E-state index is 12.2. The van der Waals surface area contributed by atoms with Crippen molar-refractivity contribution in [1.82, 2.24) is 0 Å². The molecule has 1 N–H and O–H groups in total. The molecule has 3 aromatic rings. The molecule has 0 aliphatic carbocycles. The van der Waals surface area contributed by atoms with Crippen molar-refractivity contribution >= 4 is 40.1 Å². The normalized spacial score (nSPS) is 11.0. The molecule has 0 spiro atoms. The van der Waals surface area contributed by atoms with Crippen LogP contribution in [0.1, 0.15) is 22.3 Å². The smallest absolute Gasteiger partial charge is 0.340 e. The topological polar surface area (TPSA) is 76.7 Å². The average molecular weight is 407 g/mol. The first-order valence-corrected chi connectivity index (χ1v) is 8.87. The largest absolute Gasteiger partial charge is 0.488 e. The van der Waals surface area contributed by atoms with Crippen LogP contribution in [0.5, 0.6) is 5.75 Å². The van der Waals surface area contributed by atoms with E-state index in [0.29, 0.717) is 37.9 Å². The highest BCUT2D eigenvalue weighted by molar-refractivity contribution is 6.34. The first-order valence-electron chi connectivity index (χ1n) is 8.11. The van der Waals surface area contributed by atoms with Gasteiger partial charge in [0, 0.05) is 21.0 Å². The van der Waals surface area contributed by atoms with E-state index in [1.54, 1.807) is 44.2 Å². The fourth-order valence-corrected chi connectivity index (χ4v) is 3.51. The quantitative estimate of drug-likeness (QED) is 0.608. The molecule has 0 amide bonds. The standard InChI is InChI=1S/C20H16Cl2O5/c1-10-15-3-4-17(26-9-12-5-13(21)7-14(22)6-12)11(2)19(15)27-20(25)16(10)8-18(23)24/h3-7H,8-9H2,1-2H3,(H,23,24). The lowest BCUT2D eigenvalue weighted by molar-refractivity contribution is -0.136. The molecule has 0 bridgehead atoms. The van der Waals surface area contributed by atoms with Gasteiger partial charge in [0.25, 0.3) is 0 Å². The lowest BCUT2D eigenvalue weighted by Crippen LogP contribution is -2.15. The Balaban J connectivity index is 1.97. The number of hydrogen-bond acceptors (Lipinski definition) is 4. The third kappa shape index (κ3) is 4.10. The van der Waals surface area contributed by atoms with E-state index in [9.17, 15) is 9.59 Å². The van der Waals surface area contributed by atoms with Crippen molar-refractivity contribution in [2.45, 2.75) is 26.9 Å². The number of hydrogen-bond donors (Lipinski definition) is 1. The van der Waals surface area contributed by atoms with Gasteiger partial charge in [-0.2, -0.15) is 0 Å². The molecular formula is C20H16Cl2O5. The number of ether oxygens (including phenoxy) is 1. The molecule has 0 saturated heterocycles. The number of aliphatic carboxylic acids is 1. The number of carboxylic acid groups (broad SMARTS) is 1. The average Bonchev–Trinajstić information content (AvgIpc) is 2.57. The van der Waals surface area contributed by atoms with Gasteiger partial charge in [0.05, 0.1) is 12.0 Å². The van der Waals surface area contributed by atoms with E-state index in [2.05, 4.69) is 0 Å². The third-order valence-corrected chi connectivity index (χ3v) is 4.74. The highest BCUT2D eigenvalue weighted by Crippen LogP contribution is 2.30. The van der Waals surface area contributed by atoms with Crippen LogP contribution in [-0.2, 0) is 17.8 Å². The minimum Gasteiger partial charge on any atom is -0.488 e. The van der Waals surface area contributed by atoms with Gasteiger partial charge in [-0.05, 0) is 55.3 Å². The van der Waals surface area contributed by atoms with Crippen molar-refractivity contribution in [3.8, 4) is 5.75 Å². The summed E-state index contributed by atoms with van der Waals surface area (Å²) in [5, 5.41) is 10.7. The number of halogens is 2. The number of carbonyl (C=O) groups is 1. The molecule has 0 saturated carbocycles. The van der Waals surface area contributed by atoms with E-state index in [4.69, 9.17) is 37.5 Å². The van der Waals surface area contributed by atoms with Crippen molar-refractivity contribution < 1.29 is 19.1 Å². The van der Waals surface area contributed by atoms with E-state index in [1.807, 2.05) is 0 Å². The first-order chi connectivity index (χ1) is 12.8. The minimum atomic E-state index is -1.08. The monoisotopic (exact) mass is 406 g/mol. The minimum absolute atomic E-state index is 0.150. The Morgan fingerprint density at radius 3 is 2.41 bits per heavy atom. The molecule has 140 valence electrons. The van der Waals surface area contributed by atoms with Gasteiger partial charge in [-0.15, -0.1) is 0 Å². The van der Waals surface area contributed by atoms with Crippen molar-refractivity contribution in [1.29, 1.82) is 0 Å². The Bertz CT molecular complexity index is 1080. The maximum atomic E-state index is 12.2. The van der Waals surface area contributed by atoms with Crippen LogP contribution in [-0.4, -0.2) is 11.1 Å². The molecule has 0 aliphatic heterocycles. The van der Waals surface area contributed by atoms with Crippen LogP contribution >= 0.6 is 23.2 Å². The molecule has 3 rings (SSSR count). The van der Waals surface area contributed by atoms with Gasteiger partial charge in [-0.1, -0.05) is 23.2 Å². The molecule has 2 aromatic carbocycles. The molecule has 0 aliphatic rings. The van der Waals surface area contributed by atoms with Crippen molar-refractivity contribution in [3.05, 3.63) is 73.1 Å². The van der Waals surface area contributed by atoms with Crippen molar-refractivity contribution in [2.24, 2.45) is 0 Å². The van der Waals surface area contributed by atoms with E-state index < -0.39 is 11.6 Å². The second-order valence-electron chi connectivity index (χ2n) is 6.20. The van der Waals surface area contributed by atoms with Gasteiger partial charge in [-0.25, -0.2) is 4.79 Å². The Morgan fingerprint density at radius 2 is 1.78 bits per heavy atom. The van der Waals surface area contributed by atoms with E-state index >= 15 is 0 Å². The van der Waals surface area contributed by atoms with Crippen LogP contribution in [0, 0.1) is 13.8 Å². The third-order valence-electron chi connectivity index (χ3n) is 4.30. The highest BCUT2D eigenvalue weighted by Gasteiger charge is 2.17. The predicted octanol–water partition coefficient (Wildman–Crippen LogP) is 4.92. The molecule has 27 heavy (non-hydrogen) atoms. The first kappa shape index (κ1) is 19.3.